The maximum absolute atomic E-state index is 5.31. The van der Waals surface area contributed by atoms with E-state index < -0.39 is 0 Å². The minimum atomic E-state index is 0.511. The van der Waals surface area contributed by atoms with Crippen LogP contribution in [0, 0.1) is 0 Å². The predicted octanol–water partition coefficient (Wildman–Crippen LogP) is 3.00. The van der Waals surface area contributed by atoms with Gasteiger partial charge >= 0.3 is 0 Å². The van der Waals surface area contributed by atoms with Gasteiger partial charge in [-0.05, 0) is 38.0 Å². The maximum atomic E-state index is 5.31. The maximum Gasteiger partial charge on any atom is 0.180 e. The molecule has 4 aromatic rings. The number of hydrogen-bond donors (Lipinski definition) is 2. The zero-order valence-electron chi connectivity index (χ0n) is 17.2. The lowest BCUT2D eigenvalue weighted by Gasteiger charge is -2.24. The molecule has 1 aliphatic heterocycles. The van der Waals surface area contributed by atoms with Crippen LogP contribution in [0.2, 0.25) is 0 Å². The molecule has 0 fully saturated rings. The zero-order chi connectivity index (χ0) is 20.3. The number of nitrogens with zero attached hydrogens (tertiary/aromatic N) is 5. The van der Waals surface area contributed by atoms with E-state index in [-0.39, 0.29) is 0 Å². The number of anilines is 1. The van der Waals surface area contributed by atoms with Crippen LogP contribution in [0.4, 0.5) is 5.69 Å². The van der Waals surface area contributed by atoms with Crippen LogP contribution in [0.25, 0.3) is 11.0 Å². The van der Waals surface area contributed by atoms with Crippen molar-refractivity contribution in [3.8, 4) is 0 Å². The van der Waals surface area contributed by atoms with Gasteiger partial charge in [0, 0.05) is 55.7 Å². The van der Waals surface area contributed by atoms with Gasteiger partial charge in [-0.3, -0.25) is 4.68 Å². The van der Waals surface area contributed by atoms with E-state index in [9.17, 15) is 0 Å². The molecule has 1 atom stereocenters. The van der Waals surface area contributed by atoms with Crippen molar-refractivity contribution in [2.24, 2.45) is 0 Å². The van der Waals surface area contributed by atoms with Gasteiger partial charge in [0.15, 0.2) is 6.39 Å². The molecule has 3 aromatic heterocycles. The van der Waals surface area contributed by atoms with Gasteiger partial charge in [-0.15, -0.1) is 0 Å². The Morgan fingerprint density at radius 1 is 1.30 bits per heavy atom. The minimum absolute atomic E-state index is 0.511. The van der Waals surface area contributed by atoms with Crippen LogP contribution < -0.4 is 10.6 Å². The summed E-state index contributed by atoms with van der Waals surface area (Å²) in [5.41, 5.74) is 4.92. The second kappa shape index (κ2) is 8.31. The fourth-order valence-corrected chi connectivity index (χ4v) is 4.20. The highest BCUT2D eigenvalue weighted by Gasteiger charge is 2.20. The van der Waals surface area contributed by atoms with Crippen molar-refractivity contribution < 1.29 is 4.42 Å². The van der Waals surface area contributed by atoms with Crippen LogP contribution in [-0.2, 0) is 32.5 Å². The van der Waals surface area contributed by atoms with Crippen LogP contribution in [0.15, 0.2) is 47.6 Å². The van der Waals surface area contributed by atoms with E-state index in [1.807, 2.05) is 23.1 Å². The fraction of sp³-hybridized carbons (Fsp3) is 0.409. The number of nitrogens with one attached hydrogen (secondary N) is 2. The average Bonchev–Trinajstić information content (AvgIpc) is 3.50. The molecular weight excluding hydrogens is 378 g/mol. The van der Waals surface area contributed by atoms with Crippen molar-refractivity contribution in [3.63, 3.8) is 0 Å². The Morgan fingerprint density at radius 2 is 2.27 bits per heavy atom. The monoisotopic (exact) mass is 405 g/mol. The molecule has 1 aliphatic rings. The highest BCUT2D eigenvalue weighted by atomic mass is 16.3. The number of fused-ring (bicyclic) bond motifs is 3. The Labute approximate surface area is 175 Å². The van der Waals surface area contributed by atoms with Crippen molar-refractivity contribution in [1.29, 1.82) is 0 Å². The van der Waals surface area contributed by atoms with Crippen LogP contribution in [0.5, 0.6) is 0 Å². The van der Waals surface area contributed by atoms with E-state index in [1.54, 1.807) is 6.20 Å². The van der Waals surface area contributed by atoms with Gasteiger partial charge in [0.05, 0.1) is 23.8 Å². The summed E-state index contributed by atoms with van der Waals surface area (Å²) in [6, 6.07) is 6.89. The summed E-state index contributed by atoms with van der Waals surface area (Å²) in [6.45, 7) is 5.40. The third-order valence-electron chi connectivity index (χ3n) is 5.75. The Hall–Kier alpha value is -3.13. The average molecular weight is 406 g/mol. The molecule has 8 nitrogen and oxygen atoms in total. The molecule has 5 rings (SSSR count). The quantitative estimate of drug-likeness (QED) is 0.438. The lowest BCUT2D eigenvalue weighted by atomic mass is 9.98. The van der Waals surface area contributed by atoms with Crippen LogP contribution in [0.1, 0.15) is 30.5 Å². The fourth-order valence-electron chi connectivity index (χ4n) is 4.20. The largest absolute Gasteiger partial charge is 0.447 e. The molecule has 0 saturated heterocycles. The molecule has 0 unspecified atom stereocenters. The van der Waals surface area contributed by atoms with Crippen molar-refractivity contribution in [2.45, 2.75) is 51.9 Å². The molecule has 2 N–H and O–H groups in total. The first-order valence-electron chi connectivity index (χ1n) is 10.6. The highest BCUT2D eigenvalue weighted by molar-refractivity contribution is 5.86. The first-order valence-corrected chi connectivity index (χ1v) is 10.6. The third kappa shape index (κ3) is 3.82. The molecule has 0 spiro atoms. The predicted molar refractivity (Wildman–Crippen MR) is 115 cm³/mol. The summed E-state index contributed by atoms with van der Waals surface area (Å²) >= 11 is 0. The molecule has 0 bridgehead atoms. The van der Waals surface area contributed by atoms with E-state index in [0.717, 1.165) is 56.0 Å². The topological polar surface area (TPSA) is 85.7 Å². The summed E-state index contributed by atoms with van der Waals surface area (Å²) in [5, 5.41) is 11.4. The zero-order valence-corrected chi connectivity index (χ0v) is 17.2. The minimum Gasteiger partial charge on any atom is -0.447 e. The number of benzene rings is 1. The Balaban J connectivity index is 1.40. The number of aromatic nitrogens is 5. The highest BCUT2D eigenvalue weighted by Crippen LogP contribution is 2.32. The van der Waals surface area contributed by atoms with Gasteiger partial charge < -0.3 is 19.6 Å². The van der Waals surface area contributed by atoms with Crippen LogP contribution in [-0.4, -0.2) is 36.9 Å². The van der Waals surface area contributed by atoms with Crippen LogP contribution >= 0.6 is 0 Å². The molecule has 156 valence electrons. The van der Waals surface area contributed by atoms with Crippen molar-refractivity contribution in [1.82, 2.24) is 29.6 Å². The lowest BCUT2D eigenvalue weighted by Crippen LogP contribution is -2.22. The molecule has 8 heteroatoms. The Kier molecular flexibility index (Phi) is 5.23. The second-order valence-corrected chi connectivity index (χ2v) is 7.89. The SMILES string of the molecule is C[C@H]1CCc2c(ccc3c2nc(CCn2cccn2)n3CCNCc2cnco2)N1. The second-order valence-electron chi connectivity index (χ2n) is 7.89. The van der Waals surface area contributed by atoms with Crippen molar-refractivity contribution in [2.75, 3.05) is 11.9 Å². The summed E-state index contributed by atoms with van der Waals surface area (Å²) < 4.78 is 9.62. The number of oxazole rings is 1. The summed E-state index contributed by atoms with van der Waals surface area (Å²) in [6.07, 6.45) is 10.1. The Bertz CT molecular complexity index is 1100. The summed E-state index contributed by atoms with van der Waals surface area (Å²) in [4.78, 5) is 9.07. The van der Waals surface area contributed by atoms with E-state index in [1.165, 1.54) is 23.2 Å². The summed E-state index contributed by atoms with van der Waals surface area (Å²) in [5.74, 6) is 1.95. The van der Waals surface area contributed by atoms with Gasteiger partial charge in [-0.25, -0.2) is 9.97 Å². The van der Waals surface area contributed by atoms with E-state index in [4.69, 9.17) is 9.40 Å². The summed E-state index contributed by atoms with van der Waals surface area (Å²) in [7, 11) is 0. The molecule has 1 aromatic carbocycles. The van der Waals surface area contributed by atoms with Gasteiger partial charge in [0.25, 0.3) is 0 Å². The van der Waals surface area contributed by atoms with Crippen molar-refractivity contribution >= 4 is 16.7 Å². The van der Waals surface area contributed by atoms with Gasteiger partial charge in [-0.1, -0.05) is 0 Å². The molecule has 0 amide bonds. The van der Waals surface area contributed by atoms with Gasteiger partial charge in [0.1, 0.15) is 11.6 Å². The standard InChI is InChI=1S/C22H27N7O/c1-16-3-4-18-19(26-16)5-6-20-22(18)27-21(7-11-28-10-2-8-25-28)29(20)12-9-23-13-17-14-24-15-30-17/h2,5-6,8,10,14-16,23,26H,3-4,7,9,11-13H2,1H3/t16-/m0/s1. The molecule has 0 saturated carbocycles. The molecule has 0 aliphatic carbocycles. The number of imidazole rings is 1. The molecular formula is C22H27N7O. The van der Waals surface area contributed by atoms with Crippen molar-refractivity contribution in [3.05, 3.63) is 60.3 Å². The molecule has 30 heavy (non-hydrogen) atoms. The normalized spacial score (nSPS) is 16.0. The third-order valence-corrected chi connectivity index (χ3v) is 5.75. The van der Waals surface area contributed by atoms with Gasteiger partial charge in [0.2, 0.25) is 0 Å². The van der Waals surface area contributed by atoms with Gasteiger partial charge in [-0.2, -0.15) is 5.10 Å². The number of hydrogen-bond acceptors (Lipinski definition) is 6. The first kappa shape index (κ1) is 18.9. The first-order chi connectivity index (χ1) is 14.8. The van der Waals surface area contributed by atoms with Crippen LogP contribution in [0.3, 0.4) is 0 Å². The Morgan fingerprint density at radius 3 is 3.10 bits per heavy atom. The molecule has 0 radical (unpaired) electrons. The van der Waals surface area contributed by atoms with E-state index in [2.05, 4.69) is 44.3 Å². The lowest BCUT2D eigenvalue weighted by molar-refractivity contribution is 0.471. The number of rotatable bonds is 8. The number of aryl methyl sites for hydroxylation is 3. The van der Waals surface area contributed by atoms with E-state index >= 15 is 0 Å². The van der Waals surface area contributed by atoms with E-state index in [0.29, 0.717) is 12.6 Å². The molecule has 4 heterocycles. The smallest absolute Gasteiger partial charge is 0.180 e.